The molecule has 0 amide bonds. The number of nitrogens with one attached hydrogen (secondary N) is 2. The van der Waals surface area contributed by atoms with Crippen LogP contribution in [0.5, 0.6) is 0 Å². The maximum absolute atomic E-state index is 13.9. The zero-order chi connectivity index (χ0) is 17.6. The fourth-order valence-corrected chi connectivity index (χ4v) is 2.79. The molecule has 1 atom stereocenters. The van der Waals surface area contributed by atoms with E-state index in [4.69, 9.17) is 0 Å². The number of guanidine groups is 1. The molecule has 0 aromatic carbocycles. The van der Waals surface area contributed by atoms with Crippen molar-refractivity contribution in [1.82, 2.24) is 30.4 Å². The van der Waals surface area contributed by atoms with Gasteiger partial charge in [0.2, 0.25) is 0 Å². The number of anilines is 1. The maximum Gasteiger partial charge on any atom is 0.191 e. The van der Waals surface area contributed by atoms with E-state index in [2.05, 4.69) is 30.8 Å². The van der Waals surface area contributed by atoms with Gasteiger partial charge >= 0.3 is 0 Å². The molecule has 25 heavy (non-hydrogen) atoms. The number of halogens is 1. The van der Waals surface area contributed by atoms with E-state index in [1.54, 1.807) is 18.6 Å². The molecule has 0 saturated carbocycles. The van der Waals surface area contributed by atoms with Gasteiger partial charge in [-0.2, -0.15) is 0 Å². The van der Waals surface area contributed by atoms with Crippen LogP contribution in [0.4, 0.5) is 10.2 Å². The Morgan fingerprint density at radius 2 is 2.36 bits per heavy atom. The lowest BCUT2D eigenvalue weighted by molar-refractivity contribution is 0.612. The van der Waals surface area contributed by atoms with E-state index in [0.717, 1.165) is 31.3 Å². The lowest BCUT2D eigenvalue weighted by Crippen LogP contribution is -2.44. The Kier molecular flexibility index (Phi) is 5.42. The highest BCUT2D eigenvalue weighted by Gasteiger charge is 2.25. The van der Waals surface area contributed by atoms with Gasteiger partial charge < -0.3 is 20.1 Å². The summed E-state index contributed by atoms with van der Waals surface area (Å²) in [5.41, 5.74) is 0. The van der Waals surface area contributed by atoms with Crippen LogP contribution in [0, 0.1) is 5.82 Å². The van der Waals surface area contributed by atoms with E-state index in [-0.39, 0.29) is 11.9 Å². The molecule has 2 N–H and O–H groups in total. The van der Waals surface area contributed by atoms with Crippen LogP contribution in [0.2, 0.25) is 0 Å². The van der Waals surface area contributed by atoms with Gasteiger partial charge in [-0.25, -0.2) is 14.4 Å². The molecule has 134 valence electrons. The molecule has 0 radical (unpaired) electrons. The molecule has 8 nitrogen and oxygen atoms in total. The minimum atomic E-state index is -0.286. The fourth-order valence-electron chi connectivity index (χ4n) is 2.79. The lowest BCUT2D eigenvalue weighted by atomic mass is 10.3. The summed E-state index contributed by atoms with van der Waals surface area (Å²) in [5.74, 6) is 1.64. The normalized spacial score (nSPS) is 17.8. The number of aryl methyl sites for hydroxylation is 1. The average molecular weight is 346 g/mol. The van der Waals surface area contributed by atoms with E-state index in [0.29, 0.717) is 18.9 Å². The molecule has 1 unspecified atom stereocenters. The summed E-state index contributed by atoms with van der Waals surface area (Å²) < 4.78 is 15.7. The second kappa shape index (κ2) is 7.91. The molecule has 2 aromatic rings. The highest BCUT2D eigenvalue weighted by atomic mass is 19.1. The standard InChI is InChI=1S/C16H23FN8/c1-3-18-16(20-9-14-23-21-11-24(14)2)22-12-6-8-25(10-12)15-13(17)5-4-7-19-15/h4-5,7,11-12H,3,6,8-10H2,1-2H3,(H2,18,20,22). The van der Waals surface area contributed by atoms with Gasteiger partial charge in [-0.1, -0.05) is 0 Å². The number of pyridine rings is 1. The van der Waals surface area contributed by atoms with Gasteiger partial charge in [0, 0.05) is 38.9 Å². The van der Waals surface area contributed by atoms with Gasteiger partial charge in [0.25, 0.3) is 0 Å². The maximum atomic E-state index is 13.9. The van der Waals surface area contributed by atoms with E-state index in [1.165, 1.54) is 6.07 Å². The first-order valence-electron chi connectivity index (χ1n) is 8.40. The molecule has 1 aliphatic heterocycles. The minimum absolute atomic E-state index is 0.179. The number of nitrogens with zero attached hydrogens (tertiary/aromatic N) is 6. The third kappa shape index (κ3) is 4.23. The van der Waals surface area contributed by atoms with Crippen molar-refractivity contribution in [2.45, 2.75) is 25.9 Å². The van der Waals surface area contributed by atoms with Crippen LogP contribution in [0.15, 0.2) is 29.6 Å². The highest BCUT2D eigenvalue weighted by molar-refractivity contribution is 5.80. The number of hydrogen-bond acceptors (Lipinski definition) is 5. The Morgan fingerprint density at radius 1 is 1.48 bits per heavy atom. The summed E-state index contributed by atoms with van der Waals surface area (Å²) >= 11 is 0. The summed E-state index contributed by atoms with van der Waals surface area (Å²) in [6, 6.07) is 3.22. The number of hydrogen-bond donors (Lipinski definition) is 2. The SMILES string of the molecule is CCNC(=NCc1nncn1C)NC1CCN(c2ncccc2F)C1. The first-order valence-corrected chi connectivity index (χ1v) is 8.40. The van der Waals surface area contributed by atoms with E-state index >= 15 is 0 Å². The number of aromatic nitrogens is 4. The van der Waals surface area contributed by atoms with Crippen molar-refractivity contribution in [3.8, 4) is 0 Å². The first-order chi connectivity index (χ1) is 12.2. The predicted molar refractivity (Wildman–Crippen MR) is 93.8 cm³/mol. The summed E-state index contributed by atoms with van der Waals surface area (Å²) in [7, 11) is 1.89. The Labute approximate surface area is 146 Å². The van der Waals surface area contributed by atoms with Crippen molar-refractivity contribution in [1.29, 1.82) is 0 Å². The summed E-state index contributed by atoms with van der Waals surface area (Å²) in [4.78, 5) is 10.7. The van der Waals surface area contributed by atoms with Crippen molar-refractivity contribution >= 4 is 11.8 Å². The van der Waals surface area contributed by atoms with E-state index < -0.39 is 0 Å². The monoisotopic (exact) mass is 346 g/mol. The summed E-state index contributed by atoms with van der Waals surface area (Å²) in [5, 5.41) is 14.5. The van der Waals surface area contributed by atoms with Crippen LogP contribution in [-0.4, -0.2) is 51.4 Å². The van der Waals surface area contributed by atoms with Gasteiger partial charge in [0.05, 0.1) is 0 Å². The quantitative estimate of drug-likeness (QED) is 0.612. The second-order valence-electron chi connectivity index (χ2n) is 5.94. The van der Waals surface area contributed by atoms with Crippen molar-refractivity contribution < 1.29 is 4.39 Å². The van der Waals surface area contributed by atoms with Crippen LogP contribution < -0.4 is 15.5 Å². The van der Waals surface area contributed by atoms with E-state index in [1.807, 2.05) is 23.4 Å². The Hall–Kier alpha value is -2.71. The van der Waals surface area contributed by atoms with Crippen molar-refractivity contribution in [2.75, 3.05) is 24.5 Å². The van der Waals surface area contributed by atoms with Crippen LogP contribution in [-0.2, 0) is 13.6 Å². The van der Waals surface area contributed by atoms with Crippen molar-refractivity contribution in [2.24, 2.45) is 12.0 Å². The largest absolute Gasteiger partial charge is 0.357 e. The van der Waals surface area contributed by atoms with Crippen molar-refractivity contribution in [3.05, 3.63) is 36.3 Å². The molecular formula is C16H23FN8. The molecule has 0 aliphatic carbocycles. The molecule has 1 saturated heterocycles. The second-order valence-corrected chi connectivity index (χ2v) is 5.94. The van der Waals surface area contributed by atoms with Crippen LogP contribution in [0.1, 0.15) is 19.2 Å². The number of rotatable bonds is 5. The summed E-state index contributed by atoms with van der Waals surface area (Å²) in [6.07, 6.45) is 4.16. The zero-order valence-electron chi connectivity index (χ0n) is 14.5. The third-order valence-corrected chi connectivity index (χ3v) is 4.10. The minimum Gasteiger partial charge on any atom is -0.357 e. The Balaban J connectivity index is 1.61. The molecule has 3 rings (SSSR count). The van der Waals surface area contributed by atoms with Gasteiger partial charge in [0.1, 0.15) is 12.9 Å². The van der Waals surface area contributed by atoms with Crippen LogP contribution in [0.3, 0.4) is 0 Å². The third-order valence-electron chi connectivity index (χ3n) is 4.10. The van der Waals surface area contributed by atoms with Crippen molar-refractivity contribution in [3.63, 3.8) is 0 Å². The predicted octanol–water partition coefficient (Wildman–Crippen LogP) is 0.683. The smallest absolute Gasteiger partial charge is 0.191 e. The molecule has 0 spiro atoms. The molecule has 9 heteroatoms. The first kappa shape index (κ1) is 17.1. The molecule has 3 heterocycles. The number of aliphatic imine (C=N–C) groups is 1. The zero-order valence-corrected chi connectivity index (χ0v) is 14.5. The lowest BCUT2D eigenvalue weighted by Gasteiger charge is -2.19. The highest BCUT2D eigenvalue weighted by Crippen LogP contribution is 2.20. The molecule has 2 aromatic heterocycles. The Bertz CT molecular complexity index is 728. The van der Waals surface area contributed by atoms with Gasteiger partial charge in [0.15, 0.2) is 23.4 Å². The van der Waals surface area contributed by atoms with Crippen LogP contribution in [0.25, 0.3) is 0 Å². The molecule has 1 aliphatic rings. The van der Waals surface area contributed by atoms with Gasteiger partial charge in [-0.3, -0.25) is 0 Å². The molecular weight excluding hydrogens is 323 g/mol. The summed E-state index contributed by atoms with van der Waals surface area (Å²) in [6.45, 7) is 4.66. The van der Waals surface area contributed by atoms with Gasteiger partial charge in [-0.15, -0.1) is 10.2 Å². The van der Waals surface area contributed by atoms with E-state index in [9.17, 15) is 4.39 Å². The average Bonchev–Trinajstić information content (AvgIpc) is 3.22. The fraction of sp³-hybridized carbons (Fsp3) is 0.500. The molecule has 0 bridgehead atoms. The Morgan fingerprint density at radius 3 is 3.08 bits per heavy atom. The van der Waals surface area contributed by atoms with Crippen LogP contribution >= 0.6 is 0 Å². The van der Waals surface area contributed by atoms with Gasteiger partial charge in [-0.05, 0) is 25.5 Å². The topological polar surface area (TPSA) is 83.3 Å². The molecule has 1 fully saturated rings.